The third-order valence-electron chi connectivity index (χ3n) is 0.878. The standard InChI is InChI=1S/C4H7NO5.ClH/c5-1(3(7)8)2(6)4(9)10;/h1-2,6H,5H2,(H,7,8)(H,9,10);1H/t1-,2+;/m1./s1. The highest BCUT2D eigenvalue weighted by atomic mass is 35.5. The van der Waals surface area contributed by atoms with E-state index in [0.29, 0.717) is 0 Å². The van der Waals surface area contributed by atoms with Crippen molar-refractivity contribution in [2.75, 3.05) is 0 Å². The molecule has 0 aromatic rings. The molecule has 2 atom stereocenters. The highest BCUT2D eigenvalue weighted by Gasteiger charge is 2.27. The lowest BCUT2D eigenvalue weighted by atomic mass is 10.2. The summed E-state index contributed by atoms with van der Waals surface area (Å²) in [7, 11) is 0. The molecule has 0 aliphatic carbocycles. The van der Waals surface area contributed by atoms with Crippen LogP contribution in [0.2, 0.25) is 0 Å². The number of hydrogen-bond acceptors (Lipinski definition) is 4. The quantitative estimate of drug-likeness (QED) is 0.415. The number of halogens is 1. The van der Waals surface area contributed by atoms with Crippen LogP contribution >= 0.6 is 12.4 Å². The molecule has 0 aliphatic heterocycles. The first-order valence-electron chi connectivity index (χ1n) is 2.36. The minimum Gasteiger partial charge on any atom is -0.480 e. The van der Waals surface area contributed by atoms with Gasteiger partial charge < -0.3 is 21.1 Å². The van der Waals surface area contributed by atoms with Gasteiger partial charge in [-0.2, -0.15) is 0 Å². The van der Waals surface area contributed by atoms with Crippen molar-refractivity contribution in [2.24, 2.45) is 5.73 Å². The Morgan fingerprint density at radius 1 is 1.18 bits per heavy atom. The summed E-state index contributed by atoms with van der Waals surface area (Å²) >= 11 is 0. The fourth-order valence-corrected chi connectivity index (χ4v) is 0.289. The molecule has 0 radical (unpaired) electrons. The van der Waals surface area contributed by atoms with E-state index in [9.17, 15) is 9.59 Å². The molecule has 0 rings (SSSR count). The lowest BCUT2D eigenvalue weighted by Gasteiger charge is -2.08. The zero-order chi connectivity index (χ0) is 8.31. The first kappa shape index (κ1) is 12.8. The second kappa shape index (κ2) is 4.89. The molecular formula is C4H8ClNO5. The van der Waals surface area contributed by atoms with Crippen molar-refractivity contribution in [3.63, 3.8) is 0 Å². The summed E-state index contributed by atoms with van der Waals surface area (Å²) in [6, 6.07) is -1.77. The maximum absolute atomic E-state index is 9.90. The molecule has 6 nitrogen and oxygen atoms in total. The average molecular weight is 186 g/mol. The Morgan fingerprint density at radius 3 is 1.64 bits per heavy atom. The van der Waals surface area contributed by atoms with E-state index >= 15 is 0 Å². The summed E-state index contributed by atoms with van der Waals surface area (Å²) < 4.78 is 0. The summed E-state index contributed by atoms with van der Waals surface area (Å²) in [4.78, 5) is 19.7. The van der Waals surface area contributed by atoms with E-state index in [1.165, 1.54) is 0 Å². The van der Waals surface area contributed by atoms with Crippen LogP contribution in [0.15, 0.2) is 0 Å². The van der Waals surface area contributed by atoms with Crippen molar-refractivity contribution < 1.29 is 24.9 Å². The minimum atomic E-state index is -2.04. The number of rotatable bonds is 3. The monoisotopic (exact) mass is 185 g/mol. The number of nitrogens with two attached hydrogens (primary N) is 1. The zero-order valence-corrected chi connectivity index (χ0v) is 6.11. The number of carboxylic acid groups (broad SMARTS) is 2. The summed E-state index contributed by atoms with van der Waals surface area (Å²) in [6.07, 6.45) is -2.04. The second-order valence-corrected chi connectivity index (χ2v) is 1.65. The van der Waals surface area contributed by atoms with Crippen LogP contribution in [0.1, 0.15) is 0 Å². The van der Waals surface area contributed by atoms with Gasteiger partial charge in [-0.1, -0.05) is 0 Å². The molecule has 0 aromatic heterocycles. The van der Waals surface area contributed by atoms with Gasteiger partial charge in [0.15, 0.2) is 6.10 Å². The van der Waals surface area contributed by atoms with E-state index in [-0.39, 0.29) is 12.4 Å². The van der Waals surface area contributed by atoms with Crippen LogP contribution in [0, 0.1) is 0 Å². The number of carbonyl (C=O) groups is 2. The first-order valence-corrected chi connectivity index (χ1v) is 2.36. The highest BCUT2D eigenvalue weighted by molar-refractivity contribution is 5.85. The van der Waals surface area contributed by atoms with Gasteiger partial charge in [0.1, 0.15) is 6.04 Å². The first-order chi connectivity index (χ1) is 4.46. The molecule has 0 unspecified atom stereocenters. The van der Waals surface area contributed by atoms with Crippen molar-refractivity contribution in [3.8, 4) is 0 Å². The summed E-state index contributed by atoms with van der Waals surface area (Å²) in [5.74, 6) is -3.19. The van der Waals surface area contributed by atoms with E-state index in [1.807, 2.05) is 0 Å². The van der Waals surface area contributed by atoms with Gasteiger partial charge >= 0.3 is 11.9 Å². The van der Waals surface area contributed by atoms with Gasteiger partial charge in [-0.05, 0) is 0 Å². The Morgan fingerprint density at radius 2 is 1.55 bits per heavy atom. The number of aliphatic hydroxyl groups excluding tert-OH is 1. The van der Waals surface area contributed by atoms with Crippen molar-refractivity contribution in [2.45, 2.75) is 12.1 Å². The van der Waals surface area contributed by atoms with E-state index in [4.69, 9.17) is 21.1 Å². The normalized spacial score (nSPS) is 14.4. The fourth-order valence-electron chi connectivity index (χ4n) is 0.289. The van der Waals surface area contributed by atoms with Crippen LogP contribution in [-0.2, 0) is 9.59 Å². The summed E-state index contributed by atoms with van der Waals surface area (Å²) in [5, 5.41) is 24.5. The Kier molecular flexibility index (Phi) is 5.69. The maximum atomic E-state index is 9.90. The summed E-state index contributed by atoms with van der Waals surface area (Å²) in [6.45, 7) is 0. The van der Waals surface area contributed by atoms with Crippen LogP contribution in [0.25, 0.3) is 0 Å². The van der Waals surface area contributed by atoms with Gasteiger partial charge in [-0.3, -0.25) is 4.79 Å². The van der Waals surface area contributed by atoms with E-state index in [0.717, 1.165) is 0 Å². The second-order valence-electron chi connectivity index (χ2n) is 1.65. The molecule has 11 heavy (non-hydrogen) atoms. The fraction of sp³-hybridized carbons (Fsp3) is 0.500. The van der Waals surface area contributed by atoms with Gasteiger partial charge in [0.05, 0.1) is 0 Å². The van der Waals surface area contributed by atoms with Crippen LogP contribution in [-0.4, -0.2) is 39.4 Å². The number of aliphatic hydroxyl groups is 1. The molecule has 0 amide bonds. The molecule has 0 aromatic carbocycles. The molecule has 5 N–H and O–H groups in total. The predicted molar refractivity (Wildman–Crippen MR) is 36.5 cm³/mol. The Hall–Kier alpha value is -0.850. The minimum absolute atomic E-state index is 0. The molecule has 0 saturated carbocycles. The number of aliphatic carboxylic acids is 2. The molecule has 0 fully saturated rings. The maximum Gasteiger partial charge on any atom is 0.334 e. The lowest BCUT2D eigenvalue weighted by Crippen LogP contribution is -2.46. The van der Waals surface area contributed by atoms with Crippen LogP contribution in [0.4, 0.5) is 0 Å². The van der Waals surface area contributed by atoms with Gasteiger partial charge in [0.25, 0.3) is 0 Å². The molecule has 0 spiro atoms. The van der Waals surface area contributed by atoms with Crippen molar-refractivity contribution in [1.29, 1.82) is 0 Å². The van der Waals surface area contributed by atoms with Crippen LogP contribution < -0.4 is 5.73 Å². The van der Waals surface area contributed by atoms with Gasteiger partial charge in [0.2, 0.25) is 0 Å². The molecule has 0 heterocycles. The molecule has 66 valence electrons. The zero-order valence-electron chi connectivity index (χ0n) is 5.30. The smallest absolute Gasteiger partial charge is 0.334 e. The SMILES string of the molecule is Cl.N[C@@H](C(=O)O)[C@H](O)C(=O)O. The van der Waals surface area contributed by atoms with Crippen molar-refractivity contribution in [1.82, 2.24) is 0 Å². The Labute approximate surface area is 68.0 Å². The lowest BCUT2D eigenvalue weighted by molar-refractivity contribution is -0.154. The molecule has 0 aliphatic rings. The molecule has 0 saturated heterocycles. The number of carboxylic acids is 2. The van der Waals surface area contributed by atoms with Crippen LogP contribution in [0.3, 0.4) is 0 Å². The Bertz CT molecular complexity index is 143. The van der Waals surface area contributed by atoms with Crippen molar-refractivity contribution >= 4 is 24.3 Å². The van der Waals surface area contributed by atoms with Gasteiger partial charge in [0, 0.05) is 0 Å². The van der Waals surface area contributed by atoms with E-state index in [2.05, 4.69) is 0 Å². The average Bonchev–Trinajstić information content (AvgIpc) is 1.84. The molecular weight excluding hydrogens is 177 g/mol. The largest absolute Gasteiger partial charge is 0.480 e. The topological polar surface area (TPSA) is 121 Å². The van der Waals surface area contributed by atoms with Crippen LogP contribution in [0.5, 0.6) is 0 Å². The van der Waals surface area contributed by atoms with E-state index < -0.39 is 24.1 Å². The van der Waals surface area contributed by atoms with Crippen molar-refractivity contribution in [3.05, 3.63) is 0 Å². The van der Waals surface area contributed by atoms with Gasteiger partial charge in [-0.15, -0.1) is 12.4 Å². The third kappa shape index (κ3) is 3.76. The molecule has 7 heteroatoms. The van der Waals surface area contributed by atoms with Gasteiger partial charge in [-0.25, -0.2) is 4.79 Å². The predicted octanol–water partition coefficient (Wildman–Crippen LogP) is -1.73. The number of hydrogen-bond donors (Lipinski definition) is 4. The third-order valence-corrected chi connectivity index (χ3v) is 0.878. The molecule has 0 bridgehead atoms. The van der Waals surface area contributed by atoms with E-state index in [1.54, 1.807) is 0 Å². The Balaban J connectivity index is 0. The highest BCUT2D eigenvalue weighted by Crippen LogP contribution is 1.89. The summed E-state index contributed by atoms with van der Waals surface area (Å²) in [5.41, 5.74) is 4.73.